The lowest BCUT2D eigenvalue weighted by atomic mass is 10.0. The van der Waals surface area contributed by atoms with Crippen molar-refractivity contribution in [3.8, 4) is 5.75 Å². The molecule has 1 N–H and O–H groups in total. The molecule has 13 heavy (non-hydrogen) atoms. The molecule has 2 rings (SSSR count). The van der Waals surface area contributed by atoms with Crippen LogP contribution in [0.4, 0.5) is 0 Å². The van der Waals surface area contributed by atoms with E-state index < -0.39 is 6.10 Å². The summed E-state index contributed by atoms with van der Waals surface area (Å²) >= 11 is 9.29. The van der Waals surface area contributed by atoms with E-state index in [-0.39, 0.29) is 0 Å². The zero-order valence-corrected chi connectivity index (χ0v) is 9.10. The van der Waals surface area contributed by atoms with Crippen LogP contribution in [-0.4, -0.2) is 11.7 Å². The van der Waals surface area contributed by atoms with Gasteiger partial charge >= 0.3 is 0 Å². The fourth-order valence-corrected chi connectivity index (χ4v) is 2.33. The quantitative estimate of drug-likeness (QED) is 0.780. The Balaban J connectivity index is 2.56. The van der Waals surface area contributed by atoms with Gasteiger partial charge in [-0.1, -0.05) is 27.5 Å². The number of halogens is 2. The summed E-state index contributed by atoms with van der Waals surface area (Å²) in [6, 6.07) is 3.59. The first-order valence-corrected chi connectivity index (χ1v) is 5.15. The molecule has 0 amide bonds. The van der Waals surface area contributed by atoms with Crippen LogP contribution < -0.4 is 4.74 Å². The molecule has 1 aliphatic rings. The van der Waals surface area contributed by atoms with Gasteiger partial charge in [0.25, 0.3) is 0 Å². The van der Waals surface area contributed by atoms with Crippen LogP contribution in [-0.2, 0) is 0 Å². The van der Waals surface area contributed by atoms with Gasteiger partial charge in [-0.15, -0.1) is 0 Å². The largest absolute Gasteiger partial charge is 0.493 e. The summed E-state index contributed by atoms with van der Waals surface area (Å²) in [6.45, 7) is 0.543. The van der Waals surface area contributed by atoms with Crippen LogP contribution in [0.5, 0.6) is 5.75 Å². The number of rotatable bonds is 0. The van der Waals surface area contributed by atoms with Crippen molar-refractivity contribution in [2.75, 3.05) is 6.61 Å². The number of aliphatic hydroxyl groups excluding tert-OH is 1. The zero-order valence-electron chi connectivity index (χ0n) is 6.76. The van der Waals surface area contributed by atoms with Crippen molar-refractivity contribution in [2.24, 2.45) is 0 Å². The standard InChI is InChI=1S/C9H8BrClO2/c10-5-3-6(11)9-7(12)1-2-13-8(9)4-5/h3-4,7,12H,1-2H2. The molecule has 0 bridgehead atoms. The average molecular weight is 264 g/mol. The fraction of sp³-hybridized carbons (Fsp3) is 0.333. The molecule has 4 heteroatoms. The van der Waals surface area contributed by atoms with Gasteiger partial charge in [-0.3, -0.25) is 0 Å². The van der Waals surface area contributed by atoms with E-state index in [0.29, 0.717) is 29.4 Å². The first kappa shape index (κ1) is 9.31. The molecule has 2 nitrogen and oxygen atoms in total. The van der Waals surface area contributed by atoms with E-state index in [9.17, 15) is 5.11 Å². The van der Waals surface area contributed by atoms with E-state index >= 15 is 0 Å². The second kappa shape index (κ2) is 3.48. The molecule has 1 aliphatic heterocycles. The predicted molar refractivity (Wildman–Crippen MR) is 54.2 cm³/mol. The molecule has 0 saturated heterocycles. The topological polar surface area (TPSA) is 29.5 Å². The van der Waals surface area contributed by atoms with Crippen LogP contribution in [0.2, 0.25) is 5.02 Å². The summed E-state index contributed by atoms with van der Waals surface area (Å²) in [6.07, 6.45) is 0.110. The van der Waals surface area contributed by atoms with Gasteiger partial charge in [0.05, 0.1) is 17.7 Å². The zero-order chi connectivity index (χ0) is 9.42. The summed E-state index contributed by atoms with van der Waals surface area (Å²) in [5.41, 5.74) is 0.705. The van der Waals surface area contributed by atoms with E-state index in [1.54, 1.807) is 6.07 Å². The number of aliphatic hydroxyl groups is 1. The predicted octanol–water partition coefficient (Wildman–Crippen LogP) is 2.92. The third-order valence-corrected chi connectivity index (χ3v) is 2.81. The van der Waals surface area contributed by atoms with Gasteiger partial charge in [0.15, 0.2) is 0 Å². The maximum absolute atomic E-state index is 9.65. The Morgan fingerprint density at radius 1 is 1.54 bits per heavy atom. The summed E-state index contributed by atoms with van der Waals surface area (Å²) in [5, 5.41) is 10.2. The van der Waals surface area contributed by atoms with Crippen molar-refractivity contribution < 1.29 is 9.84 Å². The molecule has 70 valence electrons. The minimum absolute atomic E-state index is 0.496. The minimum Gasteiger partial charge on any atom is -0.493 e. The number of hydrogen-bond donors (Lipinski definition) is 1. The monoisotopic (exact) mass is 262 g/mol. The average Bonchev–Trinajstić information content (AvgIpc) is 2.02. The number of benzene rings is 1. The number of ether oxygens (including phenoxy) is 1. The van der Waals surface area contributed by atoms with E-state index in [1.165, 1.54) is 0 Å². The summed E-state index contributed by atoms with van der Waals surface area (Å²) in [7, 11) is 0. The molecule has 0 aliphatic carbocycles. The lowest BCUT2D eigenvalue weighted by Crippen LogP contribution is -2.14. The van der Waals surface area contributed by atoms with Gasteiger partial charge in [0.2, 0.25) is 0 Å². The van der Waals surface area contributed by atoms with Crippen LogP contribution in [0.25, 0.3) is 0 Å². The highest BCUT2D eigenvalue weighted by Gasteiger charge is 2.22. The van der Waals surface area contributed by atoms with Gasteiger partial charge in [-0.25, -0.2) is 0 Å². The highest BCUT2D eigenvalue weighted by atomic mass is 79.9. The molecular formula is C9H8BrClO2. The second-order valence-electron chi connectivity index (χ2n) is 2.95. The Labute approximate surface area is 89.6 Å². The van der Waals surface area contributed by atoms with E-state index in [2.05, 4.69) is 15.9 Å². The van der Waals surface area contributed by atoms with Gasteiger partial charge in [0.1, 0.15) is 5.75 Å². The Kier molecular flexibility index (Phi) is 2.49. The smallest absolute Gasteiger partial charge is 0.127 e. The van der Waals surface area contributed by atoms with Gasteiger partial charge in [0, 0.05) is 16.5 Å². The Hall–Kier alpha value is -0.250. The highest BCUT2D eigenvalue weighted by Crippen LogP contribution is 2.39. The van der Waals surface area contributed by atoms with Gasteiger partial charge < -0.3 is 9.84 Å². The summed E-state index contributed by atoms with van der Waals surface area (Å²) in [5.74, 6) is 0.679. The lowest BCUT2D eigenvalue weighted by Gasteiger charge is -2.23. The van der Waals surface area contributed by atoms with Crippen LogP contribution >= 0.6 is 27.5 Å². The normalized spacial score (nSPS) is 20.7. The van der Waals surface area contributed by atoms with Gasteiger partial charge in [-0.2, -0.15) is 0 Å². The molecule has 0 spiro atoms. The summed E-state index contributed by atoms with van der Waals surface area (Å²) < 4.78 is 6.25. The molecule has 1 aromatic carbocycles. The van der Waals surface area contributed by atoms with Crippen molar-refractivity contribution in [3.05, 3.63) is 27.2 Å². The lowest BCUT2D eigenvalue weighted by molar-refractivity contribution is 0.115. The molecule has 1 aromatic rings. The molecular weight excluding hydrogens is 255 g/mol. The molecule has 1 heterocycles. The number of hydrogen-bond acceptors (Lipinski definition) is 2. The third-order valence-electron chi connectivity index (χ3n) is 2.04. The maximum Gasteiger partial charge on any atom is 0.127 e. The van der Waals surface area contributed by atoms with E-state index in [4.69, 9.17) is 16.3 Å². The molecule has 0 aromatic heterocycles. The number of fused-ring (bicyclic) bond motifs is 1. The van der Waals surface area contributed by atoms with Crippen LogP contribution in [0, 0.1) is 0 Å². The molecule has 0 radical (unpaired) electrons. The van der Waals surface area contributed by atoms with Crippen LogP contribution in [0.3, 0.4) is 0 Å². The third kappa shape index (κ3) is 1.68. The second-order valence-corrected chi connectivity index (χ2v) is 4.28. The molecule has 0 saturated carbocycles. The van der Waals surface area contributed by atoms with Crippen LogP contribution in [0.15, 0.2) is 16.6 Å². The first-order chi connectivity index (χ1) is 6.18. The minimum atomic E-state index is -0.496. The molecule has 1 atom stereocenters. The Morgan fingerprint density at radius 3 is 3.08 bits per heavy atom. The van der Waals surface area contributed by atoms with Crippen molar-refractivity contribution in [1.29, 1.82) is 0 Å². The van der Waals surface area contributed by atoms with Crippen molar-refractivity contribution in [2.45, 2.75) is 12.5 Å². The molecule has 1 unspecified atom stereocenters. The Bertz CT molecular complexity index is 341. The van der Waals surface area contributed by atoms with Crippen molar-refractivity contribution in [1.82, 2.24) is 0 Å². The van der Waals surface area contributed by atoms with E-state index in [0.717, 1.165) is 4.47 Å². The van der Waals surface area contributed by atoms with E-state index in [1.807, 2.05) is 6.07 Å². The Morgan fingerprint density at radius 2 is 2.31 bits per heavy atom. The summed E-state index contributed by atoms with van der Waals surface area (Å²) in [4.78, 5) is 0. The molecule has 0 fully saturated rings. The maximum atomic E-state index is 9.65. The highest BCUT2D eigenvalue weighted by molar-refractivity contribution is 9.10. The first-order valence-electron chi connectivity index (χ1n) is 3.98. The van der Waals surface area contributed by atoms with Gasteiger partial charge in [-0.05, 0) is 12.1 Å². The van der Waals surface area contributed by atoms with Crippen molar-refractivity contribution >= 4 is 27.5 Å². The van der Waals surface area contributed by atoms with Crippen molar-refractivity contribution in [3.63, 3.8) is 0 Å². The SMILES string of the molecule is OC1CCOc2cc(Br)cc(Cl)c21. The fourth-order valence-electron chi connectivity index (χ4n) is 1.43. The van der Waals surface area contributed by atoms with Crippen LogP contribution in [0.1, 0.15) is 18.1 Å².